The fourth-order valence-corrected chi connectivity index (χ4v) is 1.36. The molecule has 15 heavy (non-hydrogen) atoms. The lowest BCUT2D eigenvalue weighted by molar-refractivity contribution is -0.110. The monoisotopic (exact) mass is 210 g/mol. The summed E-state index contributed by atoms with van der Waals surface area (Å²) < 4.78 is 18.5. The fourth-order valence-electron chi connectivity index (χ4n) is 1.36. The molecule has 1 atom stereocenters. The van der Waals surface area contributed by atoms with Crippen molar-refractivity contribution < 1.29 is 13.9 Å². The average Bonchev–Trinajstić information content (AvgIpc) is 2.27. The number of carbonyl (C=O) groups excluding carboxylic acids is 1. The number of benzene rings is 1. The minimum absolute atomic E-state index is 0.0319. The molecule has 0 saturated heterocycles. The standard InChI is InChI=1S/C12H15FO2/c1-9(8-14)6-7-10-4-3-5-11(15-2)12(10)13/h3-5,8-9H,6-7H2,1-2H3. The minimum Gasteiger partial charge on any atom is -0.494 e. The number of hydrogen-bond donors (Lipinski definition) is 0. The van der Waals surface area contributed by atoms with Crippen molar-refractivity contribution in [2.75, 3.05) is 7.11 Å². The maximum Gasteiger partial charge on any atom is 0.168 e. The molecule has 1 unspecified atom stereocenters. The van der Waals surface area contributed by atoms with Gasteiger partial charge in [-0.1, -0.05) is 19.1 Å². The van der Waals surface area contributed by atoms with E-state index < -0.39 is 0 Å². The van der Waals surface area contributed by atoms with E-state index in [0.717, 1.165) is 6.29 Å². The predicted molar refractivity (Wildman–Crippen MR) is 56.5 cm³/mol. The van der Waals surface area contributed by atoms with E-state index >= 15 is 0 Å². The van der Waals surface area contributed by atoms with Crippen molar-refractivity contribution in [1.29, 1.82) is 0 Å². The Hall–Kier alpha value is -1.38. The summed E-state index contributed by atoms with van der Waals surface area (Å²) in [6, 6.07) is 5.06. The zero-order valence-corrected chi connectivity index (χ0v) is 9.00. The first-order valence-corrected chi connectivity index (χ1v) is 4.95. The van der Waals surface area contributed by atoms with Gasteiger partial charge in [-0.05, 0) is 24.5 Å². The number of ether oxygens (including phenoxy) is 1. The molecule has 0 spiro atoms. The molecule has 0 amide bonds. The van der Waals surface area contributed by atoms with Crippen molar-refractivity contribution in [3.8, 4) is 5.75 Å². The van der Waals surface area contributed by atoms with Gasteiger partial charge in [0, 0.05) is 5.92 Å². The van der Waals surface area contributed by atoms with E-state index in [0.29, 0.717) is 18.4 Å². The second-order valence-electron chi connectivity index (χ2n) is 3.59. The normalized spacial score (nSPS) is 12.2. The first-order chi connectivity index (χ1) is 7.19. The lowest BCUT2D eigenvalue weighted by atomic mass is 10.0. The van der Waals surface area contributed by atoms with E-state index in [4.69, 9.17) is 4.74 Å². The van der Waals surface area contributed by atoms with Crippen LogP contribution in [0.4, 0.5) is 4.39 Å². The Morgan fingerprint density at radius 1 is 1.53 bits per heavy atom. The molecule has 0 bridgehead atoms. The molecule has 3 heteroatoms. The van der Waals surface area contributed by atoms with Crippen molar-refractivity contribution in [2.24, 2.45) is 5.92 Å². The van der Waals surface area contributed by atoms with E-state index in [2.05, 4.69) is 0 Å². The molecular formula is C12H15FO2. The summed E-state index contributed by atoms with van der Waals surface area (Å²) in [5.74, 6) is -0.0973. The highest BCUT2D eigenvalue weighted by atomic mass is 19.1. The molecule has 1 aromatic rings. The quantitative estimate of drug-likeness (QED) is 0.698. The smallest absolute Gasteiger partial charge is 0.168 e. The third-order valence-electron chi connectivity index (χ3n) is 2.36. The van der Waals surface area contributed by atoms with Crippen LogP contribution in [0.3, 0.4) is 0 Å². The number of aryl methyl sites for hydroxylation is 1. The number of aldehydes is 1. The lowest BCUT2D eigenvalue weighted by Gasteiger charge is -2.08. The molecule has 1 rings (SSSR count). The van der Waals surface area contributed by atoms with Crippen molar-refractivity contribution in [2.45, 2.75) is 19.8 Å². The molecule has 0 N–H and O–H groups in total. The van der Waals surface area contributed by atoms with Crippen molar-refractivity contribution in [3.63, 3.8) is 0 Å². The van der Waals surface area contributed by atoms with Gasteiger partial charge in [-0.15, -0.1) is 0 Å². The number of methoxy groups -OCH3 is 1. The molecule has 0 fully saturated rings. The Bertz CT molecular complexity index is 336. The molecule has 2 nitrogen and oxygen atoms in total. The molecule has 1 aromatic carbocycles. The summed E-state index contributed by atoms with van der Waals surface area (Å²) in [5.41, 5.74) is 0.600. The average molecular weight is 210 g/mol. The van der Waals surface area contributed by atoms with Gasteiger partial charge in [-0.2, -0.15) is 0 Å². The Morgan fingerprint density at radius 2 is 2.27 bits per heavy atom. The maximum atomic E-state index is 13.6. The van der Waals surface area contributed by atoms with Crippen LogP contribution in [0.2, 0.25) is 0 Å². The van der Waals surface area contributed by atoms with Crippen LogP contribution in [0.15, 0.2) is 18.2 Å². The summed E-state index contributed by atoms with van der Waals surface area (Å²) in [7, 11) is 1.44. The number of carbonyl (C=O) groups is 1. The summed E-state index contributed by atoms with van der Waals surface area (Å²) >= 11 is 0. The van der Waals surface area contributed by atoms with Gasteiger partial charge >= 0.3 is 0 Å². The van der Waals surface area contributed by atoms with E-state index in [-0.39, 0.29) is 17.5 Å². The number of rotatable bonds is 5. The second kappa shape index (κ2) is 5.49. The summed E-state index contributed by atoms with van der Waals surface area (Å²) in [4.78, 5) is 10.4. The van der Waals surface area contributed by atoms with Crippen LogP contribution in [0, 0.1) is 11.7 Å². The van der Waals surface area contributed by atoms with Gasteiger partial charge in [0.2, 0.25) is 0 Å². The third-order valence-corrected chi connectivity index (χ3v) is 2.36. The van der Waals surface area contributed by atoms with Gasteiger partial charge in [0.25, 0.3) is 0 Å². The molecule has 0 aliphatic carbocycles. The van der Waals surface area contributed by atoms with E-state index in [1.165, 1.54) is 7.11 Å². The van der Waals surface area contributed by atoms with Gasteiger partial charge in [0.05, 0.1) is 7.11 Å². The van der Waals surface area contributed by atoms with Gasteiger partial charge in [-0.3, -0.25) is 0 Å². The first kappa shape index (κ1) is 11.7. The molecule has 0 radical (unpaired) electrons. The molecule has 82 valence electrons. The van der Waals surface area contributed by atoms with Gasteiger partial charge < -0.3 is 9.53 Å². The molecule has 0 aromatic heterocycles. The lowest BCUT2D eigenvalue weighted by Crippen LogP contribution is -2.01. The predicted octanol–water partition coefficient (Wildman–Crippen LogP) is 2.60. The van der Waals surface area contributed by atoms with Crippen LogP contribution in [-0.4, -0.2) is 13.4 Å². The highest BCUT2D eigenvalue weighted by molar-refractivity contribution is 5.52. The topological polar surface area (TPSA) is 26.3 Å². The van der Waals surface area contributed by atoms with E-state index in [1.807, 2.05) is 6.92 Å². The zero-order valence-electron chi connectivity index (χ0n) is 9.00. The first-order valence-electron chi connectivity index (χ1n) is 4.95. The molecule has 0 heterocycles. The largest absolute Gasteiger partial charge is 0.494 e. The highest BCUT2D eigenvalue weighted by Gasteiger charge is 2.09. The Morgan fingerprint density at radius 3 is 2.87 bits per heavy atom. The number of hydrogen-bond acceptors (Lipinski definition) is 2. The van der Waals surface area contributed by atoms with Crippen LogP contribution in [0.1, 0.15) is 18.9 Å². The molecule has 0 aliphatic rings. The molecular weight excluding hydrogens is 195 g/mol. The fraction of sp³-hybridized carbons (Fsp3) is 0.417. The van der Waals surface area contributed by atoms with Gasteiger partial charge in [0.1, 0.15) is 6.29 Å². The van der Waals surface area contributed by atoms with Crippen molar-refractivity contribution in [3.05, 3.63) is 29.6 Å². The molecule has 0 saturated carbocycles. The van der Waals surface area contributed by atoms with Crippen LogP contribution < -0.4 is 4.74 Å². The molecule has 0 aliphatic heterocycles. The Kier molecular flexibility index (Phi) is 4.28. The summed E-state index contributed by atoms with van der Waals surface area (Å²) in [5, 5.41) is 0. The Balaban J connectivity index is 2.72. The summed E-state index contributed by atoms with van der Waals surface area (Å²) in [6.07, 6.45) is 2.11. The van der Waals surface area contributed by atoms with Crippen LogP contribution in [-0.2, 0) is 11.2 Å². The second-order valence-corrected chi connectivity index (χ2v) is 3.59. The van der Waals surface area contributed by atoms with Crippen molar-refractivity contribution in [1.82, 2.24) is 0 Å². The van der Waals surface area contributed by atoms with E-state index in [9.17, 15) is 9.18 Å². The maximum absolute atomic E-state index is 13.6. The third kappa shape index (κ3) is 3.05. The highest BCUT2D eigenvalue weighted by Crippen LogP contribution is 2.21. The van der Waals surface area contributed by atoms with Crippen LogP contribution in [0.25, 0.3) is 0 Å². The van der Waals surface area contributed by atoms with Crippen molar-refractivity contribution >= 4 is 6.29 Å². The van der Waals surface area contributed by atoms with Gasteiger partial charge in [-0.25, -0.2) is 4.39 Å². The van der Waals surface area contributed by atoms with Crippen LogP contribution >= 0.6 is 0 Å². The SMILES string of the molecule is COc1cccc(CCC(C)C=O)c1F. The Labute approximate surface area is 89.1 Å². The minimum atomic E-state index is -0.321. The summed E-state index contributed by atoms with van der Waals surface area (Å²) in [6.45, 7) is 1.82. The van der Waals surface area contributed by atoms with Crippen LogP contribution in [0.5, 0.6) is 5.75 Å². The van der Waals surface area contributed by atoms with Gasteiger partial charge in [0.15, 0.2) is 11.6 Å². The number of halogens is 1. The zero-order chi connectivity index (χ0) is 11.3. The van der Waals surface area contributed by atoms with E-state index in [1.54, 1.807) is 18.2 Å².